The Bertz CT molecular complexity index is 242. The van der Waals surface area contributed by atoms with Crippen LogP contribution in [0.2, 0.25) is 0 Å². The van der Waals surface area contributed by atoms with Crippen LogP contribution in [-0.4, -0.2) is 37.0 Å². The zero-order chi connectivity index (χ0) is 10.6. The first-order chi connectivity index (χ1) is 6.65. The van der Waals surface area contributed by atoms with Crippen LogP contribution in [0.1, 0.15) is 19.8 Å². The van der Waals surface area contributed by atoms with Crippen LogP contribution in [0.5, 0.6) is 0 Å². The van der Waals surface area contributed by atoms with Gasteiger partial charge >= 0.3 is 0 Å². The van der Waals surface area contributed by atoms with Crippen molar-refractivity contribution in [3.05, 3.63) is 0 Å². The molecular weight excluding hydrogens is 178 g/mol. The molecule has 4 heteroatoms. The minimum Gasteiger partial charge on any atom is -0.354 e. The Morgan fingerprint density at radius 2 is 2.36 bits per heavy atom. The van der Waals surface area contributed by atoms with Crippen molar-refractivity contribution in [1.82, 2.24) is 10.2 Å². The van der Waals surface area contributed by atoms with Gasteiger partial charge in [-0.05, 0) is 26.8 Å². The summed E-state index contributed by atoms with van der Waals surface area (Å²) in [5.74, 6) is -0.710. The molecule has 0 aromatic rings. The molecule has 1 aliphatic rings. The molecule has 4 nitrogen and oxygen atoms in total. The first-order valence-electron chi connectivity index (χ1n) is 5.02. The molecule has 1 unspecified atom stereocenters. The van der Waals surface area contributed by atoms with Gasteiger partial charge < -0.3 is 10.2 Å². The molecule has 1 N–H and O–H groups in total. The van der Waals surface area contributed by atoms with Crippen LogP contribution in [0.25, 0.3) is 0 Å². The summed E-state index contributed by atoms with van der Waals surface area (Å²) in [6.07, 6.45) is 2.55. The van der Waals surface area contributed by atoms with Crippen LogP contribution >= 0.6 is 0 Å². The minimum absolute atomic E-state index is 0.170. The third kappa shape index (κ3) is 3.35. The van der Waals surface area contributed by atoms with Crippen molar-refractivity contribution in [2.45, 2.75) is 25.8 Å². The fourth-order valence-electron chi connectivity index (χ4n) is 1.27. The fourth-order valence-corrected chi connectivity index (χ4v) is 1.27. The predicted octanol–water partition coefficient (Wildman–Crippen LogP) is 0.356. The van der Waals surface area contributed by atoms with Gasteiger partial charge in [-0.2, -0.15) is 5.26 Å². The van der Waals surface area contributed by atoms with E-state index >= 15 is 0 Å². The molecule has 1 aliphatic carbocycles. The third-order valence-corrected chi connectivity index (χ3v) is 2.52. The number of likely N-dealkylation sites (N-methyl/N-ethyl adjacent to an activating group) is 1. The molecule has 0 heterocycles. The zero-order valence-electron chi connectivity index (χ0n) is 8.79. The summed E-state index contributed by atoms with van der Waals surface area (Å²) in [5, 5.41) is 11.2. The van der Waals surface area contributed by atoms with Crippen LogP contribution in [-0.2, 0) is 4.79 Å². The lowest BCUT2D eigenvalue weighted by Gasteiger charge is -2.15. The molecule has 0 bridgehead atoms. The summed E-state index contributed by atoms with van der Waals surface area (Å²) in [7, 11) is 2.07. The molecule has 1 rings (SSSR count). The van der Waals surface area contributed by atoms with Crippen LogP contribution in [0.4, 0.5) is 0 Å². The highest BCUT2D eigenvalue weighted by molar-refractivity contribution is 5.80. The Morgan fingerprint density at radius 3 is 2.86 bits per heavy atom. The molecule has 0 spiro atoms. The van der Waals surface area contributed by atoms with Crippen LogP contribution < -0.4 is 5.32 Å². The van der Waals surface area contributed by atoms with Gasteiger partial charge in [0, 0.05) is 19.1 Å². The van der Waals surface area contributed by atoms with Gasteiger partial charge in [-0.1, -0.05) is 0 Å². The maximum atomic E-state index is 11.2. The van der Waals surface area contributed by atoms with Crippen molar-refractivity contribution in [2.75, 3.05) is 20.1 Å². The van der Waals surface area contributed by atoms with Crippen molar-refractivity contribution in [3.63, 3.8) is 0 Å². The van der Waals surface area contributed by atoms with E-state index in [9.17, 15) is 4.79 Å². The average Bonchev–Trinajstić information content (AvgIpc) is 2.99. The van der Waals surface area contributed by atoms with Gasteiger partial charge in [-0.15, -0.1) is 0 Å². The molecule has 0 aromatic heterocycles. The van der Waals surface area contributed by atoms with E-state index in [1.165, 1.54) is 12.8 Å². The Kier molecular flexibility index (Phi) is 3.90. The summed E-state index contributed by atoms with van der Waals surface area (Å²) in [6, 6.07) is 2.63. The standard InChI is InChI=1S/C10H17N3O/c1-8(7-11)10(14)12-5-6-13(2)9-3-4-9/h8-9H,3-6H2,1-2H3,(H,12,14). The highest BCUT2D eigenvalue weighted by atomic mass is 16.1. The topological polar surface area (TPSA) is 56.1 Å². The number of hydrogen-bond donors (Lipinski definition) is 1. The van der Waals surface area contributed by atoms with Gasteiger partial charge in [0.2, 0.25) is 5.91 Å². The van der Waals surface area contributed by atoms with E-state index in [1.807, 2.05) is 6.07 Å². The second kappa shape index (κ2) is 4.97. The molecule has 0 aliphatic heterocycles. The Hall–Kier alpha value is -1.08. The van der Waals surface area contributed by atoms with E-state index in [2.05, 4.69) is 17.3 Å². The fraction of sp³-hybridized carbons (Fsp3) is 0.800. The first kappa shape index (κ1) is 11.0. The lowest BCUT2D eigenvalue weighted by atomic mass is 10.2. The summed E-state index contributed by atoms with van der Waals surface area (Å²) in [6.45, 7) is 3.12. The van der Waals surface area contributed by atoms with Gasteiger partial charge in [0.25, 0.3) is 0 Å². The highest BCUT2D eigenvalue weighted by Crippen LogP contribution is 2.24. The number of carbonyl (C=O) groups is 1. The predicted molar refractivity (Wildman–Crippen MR) is 53.4 cm³/mol. The first-order valence-corrected chi connectivity index (χ1v) is 5.02. The Balaban J connectivity index is 2.08. The summed E-state index contributed by atoms with van der Waals surface area (Å²) < 4.78 is 0. The molecule has 0 saturated heterocycles. The molecule has 0 radical (unpaired) electrons. The van der Waals surface area contributed by atoms with E-state index in [0.717, 1.165) is 12.6 Å². The van der Waals surface area contributed by atoms with E-state index < -0.39 is 5.92 Å². The number of rotatable bonds is 5. The van der Waals surface area contributed by atoms with Crippen molar-refractivity contribution in [2.24, 2.45) is 5.92 Å². The largest absolute Gasteiger partial charge is 0.354 e. The smallest absolute Gasteiger partial charge is 0.237 e. The van der Waals surface area contributed by atoms with Gasteiger partial charge in [0.15, 0.2) is 0 Å². The van der Waals surface area contributed by atoms with Crippen LogP contribution in [0.3, 0.4) is 0 Å². The quantitative estimate of drug-likeness (QED) is 0.689. The van der Waals surface area contributed by atoms with E-state index in [-0.39, 0.29) is 5.91 Å². The highest BCUT2D eigenvalue weighted by Gasteiger charge is 2.25. The molecule has 1 atom stereocenters. The average molecular weight is 195 g/mol. The Labute approximate surface area is 84.9 Å². The van der Waals surface area contributed by atoms with Crippen LogP contribution in [0, 0.1) is 17.2 Å². The lowest BCUT2D eigenvalue weighted by Crippen LogP contribution is -2.36. The molecule has 1 saturated carbocycles. The normalized spacial score (nSPS) is 17.6. The SMILES string of the molecule is CC(C#N)C(=O)NCCN(C)C1CC1. The zero-order valence-corrected chi connectivity index (χ0v) is 8.79. The van der Waals surface area contributed by atoms with Crippen molar-refractivity contribution in [3.8, 4) is 6.07 Å². The van der Waals surface area contributed by atoms with Gasteiger partial charge in [-0.25, -0.2) is 0 Å². The minimum atomic E-state index is -0.541. The van der Waals surface area contributed by atoms with Gasteiger partial charge in [0.1, 0.15) is 5.92 Å². The summed E-state index contributed by atoms with van der Waals surface area (Å²) >= 11 is 0. The Morgan fingerprint density at radius 1 is 1.71 bits per heavy atom. The maximum Gasteiger partial charge on any atom is 0.237 e. The molecule has 78 valence electrons. The number of nitriles is 1. The second-order valence-corrected chi connectivity index (χ2v) is 3.85. The molecule has 1 amide bonds. The second-order valence-electron chi connectivity index (χ2n) is 3.85. The number of nitrogens with one attached hydrogen (secondary N) is 1. The number of amides is 1. The maximum absolute atomic E-state index is 11.2. The molecule has 14 heavy (non-hydrogen) atoms. The molecule has 0 aromatic carbocycles. The van der Waals surface area contributed by atoms with E-state index in [1.54, 1.807) is 6.92 Å². The number of carbonyl (C=O) groups excluding carboxylic acids is 1. The van der Waals surface area contributed by atoms with Gasteiger partial charge in [0.05, 0.1) is 6.07 Å². The van der Waals surface area contributed by atoms with E-state index in [4.69, 9.17) is 5.26 Å². The monoisotopic (exact) mass is 195 g/mol. The van der Waals surface area contributed by atoms with Gasteiger partial charge in [-0.3, -0.25) is 4.79 Å². The van der Waals surface area contributed by atoms with Crippen LogP contribution in [0.15, 0.2) is 0 Å². The van der Waals surface area contributed by atoms with Crippen molar-refractivity contribution in [1.29, 1.82) is 5.26 Å². The van der Waals surface area contributed by atoms with E-state index in [0.29, 0.717) is 6.54 Å². The van der Waals surface area contributed by atoms with Crippen molar-refractivity contribution < 1.29 is 4.79 Å². The molecule has 1 fully saturated rings. The number of hydrogen-bond acceptors (Lipinski definition) is 3. The summed E-state index contributed by atoms with van der Waals surface area (Å²) in [5.41, 5.74) is 0. The van der Waals surface area contributed by atoms with Crippen molar-refractivity contribution >= 4 is 5.91 Å². The molecular formula is C10H17N3O. The third-order valence-electron chi connectivity index (χ3n) is 2.52. The number of nitrogens with zero attached hydrogens (tertiary/aromatic N) is 2. The lowest BCUT2D eigenvalue weighted by molar-refractivity contribution is -0.122. The summed E-state index contributed by atoms with van der Waals surface area (Å²) in [4.78, 5) is 13.4.